The summed E-state index contributed by atoms with van der Waals surface area (Å²) in [5, 5.41) is 3.06. The van der Waals surface area contributed by atoms with Gasteiger partial charge in [0.15, 0.2) is 0 Å². The lowest BCUT2D eigenvalue weighted by molar-refractivity contribution is -0.139. The van der Waals surface area contributed by atoms with Crippen LogP contribution < -0.4 is 9.62 Å². The monoisotopic (exact) mass is 555 g/mol. The number of nitrogens with zero attached hydrogens (tertiary/aromatic N) is 2. The first-order valence-electron chi connectivity index (χ1n) is 12.5. The van der Waals surface area contributed by atoms with Crippen molar-refractivity contribution in [2.75, 3.05) is 17.4 Å². The normalized spacial score (nSPS) is 12.2. The maximum Gasteiger partial charge on any atom is 0.264 e. The molecule has 3 rings (SSSR count). The van der Waals surface area contributed by atoms with E-state index in [4.69, 9.17) is 11.6 Å². The van der Waals surface area contributed by atoms with Crippen LogP contribution in [0.25, 0.3) is 0 Å². The molecule has 0 aliphatic heterocycles. The summed E-state index contributed by atoms with van der Waals surface area (Å²) < 4.78 is 28.5. The van der Waals surface area contributed by atoms with Crippen molar-refractivity contribution in [1.29, 1.82) is 0 Å². The number of nitrogens with one attached hydrogen (secondary N) is 1. The lowest BCUT2D eigenvalue weighted by Crippen LogP contribution is -2.51. The molecule has 7 nitrogen and oxygen atoms in total. The Morgan fingerprint density at radius 1 is 0.895 bits per heavy atom. The molecule has 0 unspecified atom stereocenters. The number of carbonyl (C=O) groups is 2. The van der Waals surface area contributed by atoms with Crippen molar-refractivity contribution in [3.63, 3.8) is 0 Å². The topological polar surface area (TPSA) is 86.8 Å². The smallest absolute Gasteiger partial charge is 0.264 e. The number of anilines is 1. The molecule has 2 amide bonds. The van der Waals surface area contributed by atoms with Gasteiger partial charge >= 0.3 is 0 Å². The molecule has 0 aromatic heterocycles. The van der Waals surface area contributed by atoms with Gasteiger partial charge in [-0.15, -0.1) is 0 Å². The van der Waals surface area contributed by atoms with Crippen LogP contribution in [-0.2, 0) is 26.2 Å². The largest absolute Gasteiger partial charge is 0.354 e. The van der Waals surface area contributed by atoms with Gasteiger partial charge in [0, 0.05) is 13.1 Å². The van der Waals surface area contributed by atoms with Gasteiger partial charge in [-0.05, 0) is 49.6 Å². The zero-order valence-corrected chi connectivity index (χ0v) is 23.7. The molecule has 0 spiro atoms. The average Bonchev–Trinajstić information content (AvgIpc) is 2.90. The molecule has 0 bridgehead atoms. The van der Waals surface area contributed by atoms with Crippen LogP contribution in [0.1, 0.15) is 31.9 Å². The first-order chi connectivity index (χ1) is 18.0. The van der Waals surface area contributed by atoms with Gasteiger partial charge in [0.2, 0.25) is 11.8 Å². The highest BCUT2D eigenvalue weighted by atomic mass is 35.5. The summed E-state index contributed by atoms with van der Waals surface area (Å²) in [5.41, 5.74) is 2.06. The Bertz CT molecular complexity index is 1350. The zero-order chi connectivity index (χ0) is 27.9. The summed E-state index contributed by atoms with van der Waals surface area (Å²) in [5.74, 6) is -0.606. The molecule has 0 aliphatic carbocycles. The van der Waals surface area contributed by atoms with Gasteiger partial charge in [-0.3, -0.25) is 13.9 Å². The van der Waals surface area contributed by atoms with Crippen LogP contribution in [0.2, 0.25) is 5.02 Å². The predicted molar refractivity (Wildman–Crippen MR) is 151 cm³/mol. The molecule has 3 aromatic rings. The van der Waals surface area contributed by atoms with E-state index in [1.54, 1.807) is 49.4 Å². The van der Waals surface area contributed by atoms with Crippen molar-refractivity contribution in [2.24, 2.45) is 5.92 Å². The van der Waals surface area contributed by atoms with Gasteiger partial charge in [-0.2, -0.15) is 0 Å². The summed E-state index contributed by atoms with van der Waals surface area (Å²) >= 11 is 6.41. The van der Waals surface area contributed by atoms with Crippen molar-refractivity contribution in [3.8, 4) is 0 Å². The first kappa shape index (κ1) is 29.2. The number of para-hydroxylation sites is 1. The Morgan fingerprint density at radius 3 is 2.11 bits per heavy atom. The molecule has 38 heavy (non-hydrogen) atoms. The zero-order valence-electron chi connectivity index (χ0n) is 22.1. The Morgan fingerprint density at radius 2 is 1.50 bits per heavy atom. The van der Waals surface area contributed by atoms with Gasteiger partial charge in [0.05, 0.1) is 15.6 Å². The van der Waals surface area contributed by atoms with Crippen LogP contribution in [0, 0.1) is 12.8 Å². The Hall–Kier alpha value is -3.36. The van der Waals surface area contributed by atoms with Gasteiger partial charge in [-0.25, -0.2) is 8.42 Å². The number of benzene rings is 3. The minimum absolute atomic E-state index is 0.0283. The molecule has 9 heteroatoms. The number of carbonyl (C=O) groups excluding carboxylic acids is 2. The number of amides is 2. The van der Waals surface area contributed by atoms with E-state index in [0.717, 1.165) is 15.4 Å². The molecular formula is C29H34ClN3O4S. The Kier molecular flexibility index (Phi) is 9.94. The van der Waals surface area contributed by atoms with E-state index < -0.39 is 28.5 Å². The van der Waals surface area contributed by atoms with Crippen molar-refractivity contribution < 1.29 is 18.0 Å². The summed E-state index contributed by atoms with van der Waals surface area (Å²) in [6, 6.07) is 21.1. The number of halogens is 1. The molecule has 0 saturated carbocycles. The van der Waals surface area contributed by atoms with Crippen LogP contribution in [0.5, 0.6) is 0 Å². The van der Waals surface area contributed by atoms with E-state index in [-0.39, 0.29) is 34.0 Å². The summed E-state index contributed by atoms with van der Waals surface area (Å²) in [4.78, 5) is 28.3. The van der Waals surface area contributed by atoms with E-state index >= 15 is 0 Å². The third kappa shape index (κ3) is 7.36. The van der Waals surface area contributed by atoms with E-state index in [2.05, 4.69) is 5.32 Å². The Labute approximate surface area is 230 Å². The second-order valence-electron chi connectivity index (χ2n) is 9.60. The van der Waals surface area contributed by atoms with E-state index in [1.165, 1.54) is 17.0 Å². The lowest BCUT2D eigenvalue weighted by atomic mass is 10.1. The van der Waals surface area contributed by atoms with Crippen LogP contribution in [0.4, 0.5) is 5.69 Å². The summed E-state index contributed by atoms with van der Waals surface area (Å²) in [6.07, 6.45) is 0. The van der Waals surface area contributed by atoms with Gasteiger partial charge in [0.1, 0.15) is 12.6 Å². The molecule has 1 N–H and O–H groups in total. The van der Waals surface area contributed by atoms with Crippen molar-refractivity contribution >= 4 is 39.1 Å². The van der Waals surface area contributed by atoms with E-state index in [9.17, 15) is 18.0 Å². The number of aryl methyl sites for hydroxylation is 1. The molecule has 0 radical (unpaired) electrons. The number of hydrogen-bond donors (Lipinski definition) is 1. The number of hydrogen-bond acceptors (Lipinski definition) is 4. The fourth-order valence-corrected chi connectivity index (χ4v) is 5.55. The van der Waals surface area contributed by atoms with E-state index in [1.807, 2.05) is 45.0 Å². The highest BCUT2D eigenvalue weighted by Crippen LogP contribution is 2.30. The Balaban J connectivity index is 2.00. The number of rotatable bonds is 11. The van der Waals surface area contributed by atoms with Crippen LogP contribution in [-0.4, -0.2) is 44.3 Å². The summed E-state index contributed by atoms with van der Waals surface area (Å²) in [7, 11) is -4.15. The van der Waals surface area contributed by atoms with Crippen LogP contribution in [0.3, 0.4) is 0 Å². The molecule has 1 atom stereocenters. The first-order valence-corrected chi connectivity index (χ1v) is 14.3. The van der Waals surface area contributed by atoms with Crippen molar-refractivity contribution in [1.82, 2.24) is 10.2 Å². The van der Waals surface area contributed by atoms with Crippen molar-refractivity contribution in [3.05, 3.63) is 95.0 Å². The molecule has 0 saturated heterocycles. The van der Waals surface area contributed by atoms with Crippen LogP contribution >= 0.6 is 11.6 Å². The third-order valence-electron chi connectivity index (χ3n) is 6.06. The van der Waals surface area contributed by atoms with E-state index in [0.29, 0.717) is 6.54 Å². The van der Waals surface area contributed by atoms with Gasteiger partial charge in [0.25, 0.3) is 10.0 Å². The second kappa shape index (κ2) is 12.9. The minimum atomic E-state index is -4.15. The third-order valence-corrected chi connectivity index (χ3v) is 8.15. The predicted octanol–water partition coefficient (Wildman–Crippen LogP) is 5.03. The van der Waals surface area contributed by atoms with Gasteiger partial charge < -0.3 is 10.2 Å². The fraction of sp³-hybridized carbons (Fsp3) is 0.310. The average molecular weight is 556 g/mol. The molecule has 0 heterocycles. The maximum absolute atomic E-state index is 13.9. The lowest BCUT2D eigenvalue weighted by Gasteiger charge is -2.32. The quantitative estimate of drug-likeness (QED) is 0.359. The molecule has 202 valence electrons. The standard InChI is InChI=1S/C29H34ClN3O4S/c1-21(2)18-31-29(35)23(4)32(19-24-16-14-22(3)15-17-24)28(34)20-33(27-13-9-8-12-26(27)30)38(36,37)25-10-6-5-7-11-25/h5-17,21,23H,18-20H2,1-4H3,(H,31,35)/t23-/m0/s1. The molecule has 0 fully saturated rings. The second-order valence-corrected chi connectivity index (χ2v) is 11.9. The maximum atomic E-state index is 13.9. The SMILES string of the molecule is Cc1ccc(CN(C(=O)CN(c2ccccc2Cl)S(=O)(=O)c2ccccc2)[C@@H](C)C(=O)NCC(C)C)cc1. The van der Waals surface area contributed by atoms with Gasteiger partial charge in [-0.1, -0.05) is 85.6 Å². The van der Waals surface area contributed by atoms with Crippen molar-refractivity contribution in [2.45, 2.75) is 45.2 Å². The molecule has 0 aliphatic rings. The highest BCUT2D eigenvalue weighted by Gasteiger charge is 2.33. The molecular weight excluding hydrogens is 522 g/mol. The number of sulfonamides is 1. The van der Waals surface area contributed by atoms with Crippen LogP contribution in [0.15, 0.2) is 83.8 Å². The molecule has 3 aromatic carbocycles. The fourth-order valence-electron chi connectivity index (χ4n) is 3.81. The summed E-state index contributed by atoms with van der Waals surface area (Å²) in [6.45, 7) is 7.64. The minimum Gasteiger partial charge on any atom is -0.354 e. The highest BCUT2D eigenvalue weighted by molar-refractivity contribution is 7.92.